The second-order valence-corrected chi connectivity index (χ2v) is 6.79. The Morgan fingerprint density at radius 3 is 2.62 bits per heavy atom. The van der Waals surface area contributed by atoms with Crippen molar-refractivity contribution < 1.29 is 9.53 Å². The van der Waals surface area contributed by atoms with E-state index in [4.69, 9.17) is 4.74 Å². The fraction of sp³-hybridized carbons (Fsp3) is 0.278. The number of ether oxygens (including phenoxy) is 1. The molecule has 1 amide bonds. The van der Waals surface area contributed by atoms with Crippen LogP contribution < -0.4 is 4.74 Å². The number of fused-ring (bicyclic) bond motifs is 1. The third-order valence-corrected chi connectivity index (χ3v) is 5.13. The Balaban J connectivity index is 1.37. The Bertz CT molecular complexity index is 809. The van der Waals surface area contributed by atoms with E-state index in [1.807, 2.05) is 23.1 Å². The number of hydrogen-bond donors (Lipinski definition) is 0. The van der Waals surface area contributed by atoms with Gasteiger partial charge in [0.25, 0.3) is 11.1 Å². The number of thiazole rings is 1. The van der Waals surface area contributed by atoms with Gasteiger partial charge in [0.15, 0.2) is 0 Å². The van der Waals surface area contributed by atoms with Gasteiger partial charge in [0.2, 0.25) is 0 Å². The maximum absolute atomic E-state index is 12.4. The molecule has 3 heterocycles. The molecule has 0 bridgehead atoms. The van der Waals surface area contributed by atoms with Crippen molar-refractivity contribution in [3.63, 3.8) is 0 Å². The van der Waals surface area contributed by atoms with Crippen LogP contribution in [0.4, 0.5) is 0 Å². The summed E-state index contributed by atoms with van der Waals surface area (Å²) in [6.07, 6.45) is 5.07. The number of para-hydroxylation sites is 1. The third-order valence-electron chi connectivity index (χ3n) is 4.20. The maximum Gasteiger partial charge on any atom is 0.274 e. The van der Waals surface area contributed by atoms with Gasteiger partial charge in [0.1, 0.15) is 6.10 Å². The molecule has 122 valence electrons. The fourth-order valence-electron chi connectivity index (χ4n) is 2.90. The topological polar surface area (TPSA) is 55.3 Å². The number of benzene rings is 1. The molecule has 0 aliphatic carbocycles. The summed E-state index contributed by atoms with van der Waals surface area (Å²) < 4.78 is 7.17. The van der Waals surface area contributed by atoms with Crippen molar-refractivity contribution in [2.24, 2.45) is 0 Å². The molecule has 1 saturated heterocycles. The van der Waals surface area contributed by atoms with Crippen LogP contribution in [0.2, 0.25) is 0 Å². The molecule has 0 atom stereocenters. The SMILES string of the molecule is O=C(c1ccncc1)N1CCC(Oc2nc3ccccc3s2)CC1. The molecule has 0 spiro atoms. The van der Waals surface area contributed by atoms with Crippen LogP contribution in [-0.2, 0) is 0 Å². The van der Waals surface area contributed by atoms with Crippen molar-refractivity contribution in [2.75, 3.05) is 13.1 Å². The molecule has 24 heavy (non-hydrogen) atoms. The summed E-state index contributed by atoms with van der Waals surface area (Å²) in [7, 11) is 0. The summed E-state index contributed by atoms with van der Waals surface area (Å²) in [5, 5.41) is 0.718. The molecule has 6 heteroatoms. The molecular weight excluding hydrogens is 322 g/mol. The first-order valence-electron chi connectivity index (χ1n) is 8.01. The lowest BCUT2D eigenvalue weighted by Gasteiger charge is -2.31. The molecule has 0 unspecified atom stereocenters. The number of nitrogens with zero attached hydrogens (tertiary/aromatic N) is 3. The normalized spacial score (nSPS) is 15.6. The van der Waals surface area contributed by atoms with E-state index in [1.54, 1.807) is 35.9 Å². The van der Waals surface area contributed by atoms with E-state index >= 15 is 0 Å². The number of carbonyl (C=O) groups excluding carboxylic acids is 1. The monoisotopic (exact) mass is 339 g/mol. The minimum atomic E-state index is 0.0656. The van der Waals surface area contributed by atoms with Crippen molar-refractivity contribution in [2.45, 2.75) is 18.9 Å². The molecule has 1 fully saturated rings. The zero-order chi connectivity index (χ0) is 16.4. The van der Waals surface area contributed by atoms with Gasteiger partial charge in [0.05, 0.1) is 10.2 Å². The summed E-state index contributed by atoms with van der Waals surface area (Å²) in [4.78, 5) is 22.8. The van der Waals surface area contributed by atoms with Crippen LogP contribution in [0.5, 0.6) is 5.19 Å². The molecule has 1 aliphatic heterocycles. The quantitative estimate of drug-likeness (QED) is 0.734. The first kappa shape index (κ1) is 15.1. The van der Waals surface area contributed by atoms with Gasteiger partial charge in [-0.25, -0.2) is 4.98 Å². The van der Waals surface area contributed by atoms with E-state index in [2.05, 4.69) is 16.0 Å². The van der Waals surface area contributed by atoms with Gasteiger partial charge in [-0.15, -0.1) is 0 Å². The van der Waals surface area contributed by atoms with Gasteiger partial charge >= 0.3 is 0 Å². The Labute approximate surface area is 143 Å². The van der Waals surface area contributed by atoms with Gasteiger partial charge in [-0.1, -0.05) is 23.5 Å². The van der Waals surface area contributed by atoms with Gasteiger partial charge in [-0.2, -0.15) is 0 Å². The average molecular weight is 339 g/mol. The van der Waals surface area contributed by atoms with Gasteiger partial charge in [-0.05, 0) is 24.3 Å². The molecule has 1 aliphatic rings. The van der Waals surface area contributed by atoms with Gasteiger partial charge < -0.3 is 9.64 Å². The van der Waals surface area contributed by atoms with Gasteiger partial charge in [-0.3, -0.25) is 9.78 Å². The van der Waals surface area contributed by atoms with Crippen molar-refractivity contribution in [3.05, 3.63) is 54.4 Å². The lowest BCUT2D eigenvalue weighted by molar-refractivity contribution is 0.0595. The second kappa shape index (κ2) is 6.57. The van der Waals surface area contributed by atoms with E-state index in [1.165, 1.54) is 0 Å². The number of aromatic nitrogens is 2. The van der Waals surface area contributed by atoms with Crippen LogP contribution in [-0.4, -0.2) is 40.0 Å². The highest BCUT2D eigenvalue weighted by molar-refractivity contribution is 7.20. The summed E-state index contributed by atoms with van der Waals surface area (Å²) in [5.41, 5.74) is 1.67. The smallest absolute Gasteiger partial charge is 0.274 e. The zero-order valence-electron chi connectivity index (χ0n) is 13.1. The second-order valence-electron chi connectivity index (χ2n) is 5.79. The molecule has 0 saturated carbocycles. The Hall–Kier alpha value is -2.47. The summed E-state index contributed by atoms with van der Waals surface area (Å²) in [6, 6.07) is 11.5. The third kappa shape index (κ3) is 3.10. The van der Waals surface area contributed by atoms with Crippen LogP contribution in [0.25, 0.3) is 10.2 Å². The Kier molecular flexibility index (Phi) is 4.13. The van der Waals surface area contributed by atoms with Crippen molar-refractivity contribution in [1.82, 2.24) is 14.9 Å². The van der Waals surface area contributed by atoms with Crippen LogP contribution >= 0.6 is 11.3 Å². The van der Waals surface area contributed by atoms with E-state index < -0.39 is 0 Å². The minimum absolute atomic E-state index is 0.0656. The molecular formula is C18H17N3O2S. The van der Waals surface area contributed by atoms with Crippen molar-refractivity contribution >= 4 is 27.5 Å². The number of amides is 1. The van der Waals surface area contributed by atoms with E-state index in [-0.39, 0.29) is 12.0 Å². The lowest BCUT2D eigenvalue weighted by atomic mass is 10.1. The fourth-order valence-corrected chi connectivity index (χ4v) is 3.78. The van der Waals surface area contributed by atoms with Crippen LogP contribution in [0.3, 0.4) is 0 Å². The van der Waals surface area contributed by atoms with Crippen LogP contribution in [0, 0.1) is 0 Å². The predicted molar refractivity (Wildman–Crippen MR) is 93.4 cm³/mol. The van der Waals surface area contributed by atoms with Crippen molar-refractivity contribution in [1.29, 1.82) is 0 Å². The van der Waals surface area contributed by atoms with Crippen LogP contribution in [0.1, 0.15) is 23.2 Å². The van der Waals surface area contributed by atoms with Crippen LogP contribution in [0.15, 0.2) is 48.8 Å². The summed E-state index contributed by atoms with van der Waals surface area (Å²) in [5.74, 6) is 0.0656. The van der Waals surface area contributed by atoms with Gasteiger partial charge in [0, 0.05) is 43.9 Å². The highest BCUT2D eigenvalue weighted by Crippen LogP contribution is 2.29. The number of carbonyl (C=O) groups is 1. The number of piperidine rings is 1. The lowest BCUT2D eigenvalue weighted by Crippen LogP contribution is -2.41. The zero-order valence-corrected chi connectivity index (χ0v) is 13.9. The predicted octanol–water partition coefficient (Wildman–Crippen LogP) is 3.37. The average Bonchev–Trinajstić information content (AvgIpc) is 3.05. The molecule has 2 aromatic heterocycles. The molecule has 5 nitrogen and oxygen atoms in total. The first-order chi connectivity index (χ1) is 11.8. The van der Waals surface area contributed by atoms with E-state index in [0.29, 0.717) is 18.7 Å². The minimum Gasteiger partial charge on any atom is -0.467 e. The molecule has 1 aromatic carbocycles. The molecule has 3 aromatic rings. The number of rotatable bonds is 3. The number of likely N-dealkylation sites (tertiary alicyclic amines) is 1. The highest BCUT2D eigenvalue weighted by atomic mass is 32.1. The standard InChI is InChI=1S/C18H17N3O2S/c22-17(13-5-9-19-10-6-13)21-11-7-14(8-12-21)23-18-20-15-3-1-2-4-16(15)24-18/h1-6,9-10,14H,7-8,11-12H2. The van der Waals surface area contributed by atoms with E-state index in [9.17, 15) is 4.79 Å². The summed E-state index contributed by atoms with van der Waals surface area (Å²) in [6.45, 7) is 1.41. The van der Waals surface area contributed by atoms with E-state index in [0.717, 1.165) is 28.3 Å². The Morgan fingerprint density at radius 1 is 1.12 bits per heavy atom. The molecule has 0 radical (unpaired) electrons. The summed E-state index contributed by atoms with van der Waals surface area (Å²) >= 11 is 1.57. The highest BCUT2D eigenvalue weighted by Gasteiger charge is 2.25. The number of pyridine rings is 1. The first-order valence-corrected chi connectivity index (χ1v) is 8.83. The molecule has 0 N–H and O–H groups in total. The molecule has 4 rings (SSSR count). The maximum atomic E-state index is 12.4. The number of hydrogen-bond acceptors (Lipinski definition) is 5. The largest absolute Gasteiger partial charge is 0.467 e. The Morgan fingerprint density at radius 2 is 1.88 bits per heavy atom. The van der Waals surface area contributed by atoms with Crippen molar-refractivity contribution in [3.8, 4) is 5.19 Å².